The van der Waals surface area contributed by atoms with Crippen LogP contribution in [0.1, 0.15) is 20.8 Å². The van der Waals surface area contributed by atoms with Gasteiger partial charge in [-0.15, -0.1) is 0 Å². The van der Waals surface area contributed by atoms with Crippen molar-refractivity contribution in [3.63, 3.8) is 0 Å². The number of amides is 2. The number of nitrogens with zero attached hydrogens (tertiary/aromatic N) is 1. The first-order chi connectivity index (χ1) is 7.79. The number of morpholine rings is 1. The van der Waals surface area contributed by atoms with Crippen molar-refractivity contribution in [3.05, 3.63) is 0 Å². The van der Waals surface area contributed by atoms with E-state index in [0.717, 1.165) is 4.90 Å². The first kappa shape index (κ1) is 13.6. The smallest absolute Gasteiger partial charge is 0.409 e. The molecule has 0 aromatic rings. The van der Waals surface area contributed by atoms with Crippen LogP contribution in [-0.4, -0.2) is 53.7 Å². The third kappa shape index (κ3) is 4.48. The molecule has 0 saturated carbocycles. The molecule has 98 valence electrons. The van der Waals surface area contributed by atoms with Crippen molar-refractivity contribution in [2.75, 3.05) is 19.8 Å². The summed E-state index contributed by atoms with van der Waals surface area (Å²) in [4.78, 5) is 23.5. The van der Waals surface area contributed by atoms with E-state index in [9.17, 15) is 9.59 Å². The van der Waals surface area contributed by atoms with Gasteiger partial charge in [0.25, 0.3) is 0 Å². The minimum absolute atomic E-state index is 0.130. The molecule has 1 unspecified atom stereocenters. The number of nitrogens with one attached hydrogen (secondary N) is 1. The molecule has 1 aliphatic rings. The van der Waals surface area contributed by atoms with E-state index in [2.05, 4.69) is 5.32 Å². The number of rotatable bonds is 1. The van der Waals surface area contributed by atoms with E-state index >= 15 is 0 Å². The third-order valence-electron chi connectivity index (χ3n) is 2.06. The summed E-state index contributed by atoms with van der Waals surface area (Å²) in [5.41, 5.74) is -0.617. The second-order valence-corrected chi connectivity index (χ2v) is 4.71. The molecule has 2 N–H and O–H groups in total. The predicted molar refractivity (Wildman–Crippen MR) is 58.7 cm³/mol. The number of ether oxygens (including phenoxy) is 2. The zero-order valence-electron chi connectivity index (χ0n) is 10.2. The van der Waals surface area contributed by atoms with Crippen LogP contribution in [0.25, 0.3) is 0 Å². The van der Waals surface area contributed by atoms with Crippen molar-refractivity contribution >= 4 is 12.2 Å². The van der Waals surface area contributed by atoms with Crippen LogP contribution >= 0.6 is 0 Å². The number of carboxylic acid groups (broad SMARTS) is 1. The summed E-state index contributed by atoms with van der Waals surface area (Å²) in [6.45, 7) is 5.90. The quantitative estimate of drug-likeness (QED) is 0.716. The molecule has 7 nitrogen and oxygen atoms in total. The average molecular weight is 246 g/mol. The molecule has 2 amide bonds. The van der Waals surface area contributed by atoms with Gasteiger partial charge in [-0.3, -0.25) is 10.2 Å². The number of hydrogen-bond donors (Lipinski definition) is 2. The fourth-order valence-electron chi connectivity index (χ4n) is 1.40. The maximum atomic E-state index is 11.5. The van der Waals surface area contributed by atoms with Crippen molar-refractivity contribution in [2.24, 2.45) is 0 Å². The normalized spacial score (nSPS) is 20.9. The minimum Gasteiger partial charge on any atom is -0.465 e. The van der Waals surface area contributed by atoms with Crippen LogP contribution in [0.15, 0.2) is 0 Å². The molecule has 1 aliphatic heterocycles. The van der Waals surface area contributed by atoms with Gasteiger partial charge in [-0.2, -0.15) is 0 Å². The Morgan fingerprint density at radius 3 is 2.65 bits per heavy atom. The summed E-state index contributed by atoms with van der Waals surface area (Å²) >= 11 is 0. The molecule has 0 radical (unpaired) electrons. The number of carbonyl (C=O) groups excluding carboxylic acids is 1. The lowest BCUT2D eigenvalue weighted by Crippen LogP contribution is -2.57. The van der Waals surface area contributed by atoms with Crippen molar-refractivity contribution in [1.82, 2.24) is 10.2 Å². The zero-order valence-corrected chi connectivity index (χ0v) is 10.2. The van der Waals surface area contributed by atoms with Crippen LogP contribution in [0.4, 0.5) is 9.59 Å². The highest BCUT2D eigenvalue weighted by Gasteiger charge is 2.29. The van der Waals surface area contributed by atoms with Gasteiger partial charge in [-0.1, -0.05) is 0 Å². The lowest BCUT2D eigenvalue weighted by atomic mass is 10.2. The Balaban J connectivity index is 2.53. The fourth-order valence-corrected chi connectivity index (χ4v) is 1.40. The minimum atomic E-state index is -1.09. The molecule has 1 atom stereocenters. The highest BCUT2D eigenvalue weighted by molar-refractivity contribution is 5.70. The van der Waals surface area contributed by atoms with Crippen molar-refractivity contribution in [2.45, 2.75) is 32.5 Å². The molecule has 0 aromatic carbocycles. The summed E-state index contributed by atoms with van der Waals surface area (Å²) in [6, 6.07) is 0. The van der Waals surface area contributed by atoms with Crippen LogP contribution in [0.5, 0.6) is 0 Å². The fraction of sp³-hybridized carbons (Fsp3) is 0.800. The molecule has 0 aliphatic carbocycles. The Bertz CT molecular complexity index is 300. The SMILES string of the molecule is CC(C)(C)OC(=O)NC1COCCN1C(=O)O. The maximum absolute atomic E-state index is 11.5. The molecule has 7 heteroatoms. The summed E-state index contributed by atoms with van der Waals surface area (Å²) in [5.74, 6) is 0. The standard InChI is InChI=1S/C10H18N2O5/c1-10(2,3)17-8(13)11-7-6-16-5-4-12(7)9(14)15/h7H,4-6H2,1-3H3,(H,11,13)(H,14,15). The van der Waals surface area contributed by atoms with Crippen molar-refractivity contribution in [1.29, 1.82) is 0 Å². The molecule has 1 fully saturated rings. The summed E-state index contributed by atoms with van der Waals surface area (Å²) in [7, 11) is 0. The average Bonchev–Trinajstić information content (AvgIpc) is 2.14. The Hall–Kier alpha value is -1.50. The monoisotopic (exact) mass is 246 g/mol. The van der Waals surface area contributed by atoms with Gasteiger partial charge in [-0.25, -0.2) is 9.59 Å². The second-order valence-electron chi connectivity index (χ2n) is 4.71. The van der Waals surface area contributed by atoms with Crippen LogP contribution in [0.3, 0.4) is 0 Å². The molecule has 1 heterocycles. The molecule has 0 bridgehead atoms. The molecular formula is C10H18N2O5. The van der Waals surface area contributed by atoms with E-state index in [1.54, 1.807) is 20.8 Å². The second kappa shape index (κ2) is 5.22. The largest absolute Gasteiger partial charge is 0.465 e. The summed E-state index contributed by atoms with van der Waals surface area (Å²) in [6.07, 6.45) is -2.44. The van der Waals surface area contributed by atoms with E-state index in [1.807, 2.05) is 0 Å². The van der Waals surface area contributed by atoms with Gasteiger partial charge in [-0.05, 0) is 20.8 Å². The molecule has 1 rings (SSSR count). The number of carbonyl (C=O) groups is 2. The van der Waals surface area contributed by atoms with Gasteiger partial charge in [0.2, 0.25) is 0 Å². The van der Waals surface area contributed by atoms with Crippen LogP contribution < -0.4 is 5.32 Å². The first-order valence-electron chi connectivity index (χ1n) is 5.36. The van der Waals surface area contributed by atoms with E-state index in [0.29, 0.717) is 6.61 Å². The number of hydrogen-bond acceptors (Lipinski definition) is 4. The Morgan fingerprint density at radius 1 is 1.47 bits per heavy atom. The predicted octanol–water partition coefficient (Wildman–Crippen LogP) is 0.847. The molecule has 0 spiro atoms. The topological polar surface area (TPSA) is 88.1 Å². The lowest BCUT2D eigenvalue weighted by Gasteiger charge is -2.34. The summed E-state index contributed by atoms with van der Waals surface area (Å²) < 4.78 is 10.2. The lowest BCUT2D eigenvalue weighted by molar-refractivity contribution is -0.0180. The van der Waals surface area contributed by atoms with E-state index in [4.69, 9.17) is 14.6 Å². The van der Waals surface area contributed by atoms with Gasteiger partial charge < -0.3 is 14.6 Å². The van der Waals surface area contributed by atoms with Crippen LogP contribution in [0.2, 0.25) is 0 Å². The first-order valence-corrected chi connectivity index (χ1v) is 5.36. The molecule has 1 saturated heterocycles. The Morgan fingerprint density at radius 2 is 2.12 bits per heavy atom. The van der Waals surface area contributed by atoms with Crippen LogP contribution in [-0.2, 0) is 9.47 Å². The van der Waals surface area contributed by atoms with Gasteiger partial charge in [0.1, 0.15) is 11.8 Å². The Labute approximate surface area is 99.7 Å². The molecular weight excluding hydrogens is 228 g/mol. The Kier molecular flexibility index (Phi) is 4.17. The van der Waals surface area contributed by atoms with E-state index in [-0.39, 0.29) is 13.2 Å². The van der Waals surface area contributed by atoms with Gasteiger partial charge in [0, 0.05) is 6.54 Å². The zero-order chi connectivity index (χ0) is 13.1. The maximum Gasteiger partial charge on any atom is 0.409 e. The molecule has 17 heavy (non-hydrogen) atoms. The summed E-state index contributed by atoms with van der Waals surface area (Å²) in [5, 5.41) is 11.4. The van der Waals surface area contributed by atoms with Gasteiger partial charge in [0.15, 0.2) is 0 Å². The third-order valence-corrected chi connectivity index (χ3v) is 2.06. The van der Waals surface area contributed by atoms with Crippen molar-refractivity contribution < 1.29 is 24.2 Å². The van der Waals surface area contributed by atoms with Crippen molar-refractivity contribution in [3.8, 4) is 0 Å². The van der Waals surface area contributed by atoms with E-state index < -0.39 is 24.0 Å². The van der Waals surface area contributed by atoms with Gasteiger partial charge in [0.05, 0.1) is 13.2 Å². The molecule has 0 aromatic heterocycles. The highest BCUT2D eigenvalue weighted by Crippen LogP contribution is 2.09. The van der Waals surface area contributed by atoms with Crippen LogP contribution in [0, 0.1) is 0 Å². The highest BCUT2D eigenvalue weighted by atomic mass is 16.6. The van der Waals surface area contributed by atoms with Gasteiger partial charge >= 0.3 is 12.2 Å². The van der Waals surface area contributed by atoms with E-state index in [1.165, 1.54) is 0 Å². The number of alkyl carbamates (subject to hydrolysis) is 1.